The summed E-state index contributed by atoms with van der Waals surface area (Å²) in [5.41, 5.74) is 5.26. The van der Waals surface area contributed by atoms with Crippen LogP contribution in [0, 0.1) is 17.8 Å². The second-order valence-electron chi connectivity index (χ2n) is 17.5. The zero-order valence-corrected chi connectivity index (χ0v) is 38.5. The molecule has 4 atom stereocenters. The fraction of sp³-hybridized carbons (Fsp3) is 0.308. The Labute approximate surface area is 375 Å². The van der Waals surface area contributed by atoms with E-state index in [9.17, 15) is 24.9 Å². The van der Waals surface area contributed by atoms with Crippen molar-refractivity contribution in [3.05, 3.63) is 160 Å². The average molecular weight is 914 g/mol. The molecule has 7 rings (SSSR count). The van der Waals surface area contributed by atoms with Crippen LogP contribution in [0.1, 0.15) is 65.4 Å². The number of carbonyl (C=O) groups excluding carboxylic acids is 2. The fourth-order valence-corrected chi connectivity index (χ4v) is 14.5. The molecule has 5 aromatic carbocycles. The van der Waals surface area contributed by atoms with E-state index in [0.29, 0.717) is 29.7 Å². The Balaban J connectivity index is 1.27. The summed E-state index contributed by atoms with van der Waals surface area (Å²) in [5, 5.41) is 39.7. The van der Waals surface area contributed by atoms with Gasteiger partial charge in [0.2, 0.25) is 11.8 Å². The highest BCUT2D eigenvalue weighted by Crippen LogP contribution is 2.48. The highest BCUT2D eigenvalue weighted by Gasteiger charge is 2.56. The number of halogens is 1. The molecule has 0 aromatic heterocycles. The Bertz CT molecular complexity index is 2360. The number of carbonyl (C=O) groups is 2. The number of benzene rings is 5. The minimum Gasteiger partial charge on any atom is -0.507 e. The summed E-state index contributed by atoms with van der Waals surface area (Å²) in [4.78, 5) is 30.5. The van der Waals surface area contributed by atoms with Crippen LogP contribution < -0.4 is 20.6 Å². The van der Waals surface area contributed by atoms with Gasteiger partial charge in [-0.15, -0.1) is 0 Å². The number of para-hydroxylation sites is 1. The highest BCUT2D eigenvalue weighted by atomic mass is 79.9. The van der Waals surface area contributed by atoms with Crippen molar-refractivity contribution in [2.45, 2.75) is 70.9 Å². The number of phenols is 1. The third-order valence-corrected chi connectivity index (χ3v) is 17.9. The van der Waals surface area contributed by atoms with E-state index in [1.165, 1.54) is 4.90 Å². The molecule has 1 fully saturated rings. The lowest BCUT2D eigenvalue weighted by Crippen LogP contribution is -2.66. The third kappa shape index (κ3) is 9.31. The van der Waals surface area contributed by atoms with Crippen LogP contribution in [-0.4, -0.2) is 54.8 Å². The maximum absolute atomic E-state index is 14.6. The number of imide groups is 1. The van der Waals surface area contributed by atoms with Gasteiger partial charge in [0.05, 0.1) is 36.8 Å². The Kier molecular flexibility index (Phi) is 14.1. The van der Waals surface area contributed by atoms with Crippen molar-refractivity contribution in [1.82, 2.24) is 0 Å². The first kappa shape index (κ1) is 44.9. The molecule has 0 saturated carbocycles. The number of aromatic hydroxyl groups is 1. The summed E-state index contributed by atoms with van der Waals surface area (Å²) >= 11 is 3.52. The quantitative estimate of drug-likeness (QED) is 0.0442. The summed E-state index contributed by atoms with van der Waals surface area (Å²) < 4.78 is 8.31. The second-order valence-corrected chi connectivity index (χ2v) is 22.7. The molecule has 2 aliphatic rings. The summed E-state index contributed by atoms with van der Waals surface area (Å²) in [6, 6.07) is 43.0. The summed E-state index contributed by atoms with van der Waals surface area (Å²) in [6.07, 6.45) is 3.62. The zero-order valence-electron chi connectivity index (χ0n) is 35.9. The number of hydrogen-bond donors (Lipinski definition) is 4. The molecule has 1 saturated heterocycles. The number of hydrogen-bond acceptors (Lipinski definition) is 7. The molecular formula is C52H57BrN2O6Si. The predicted molar refractivity (Wildman–Crippen MR) is 255 cm³/mol. The van der Waals surface area contributed by atoms with Crippen molar-refractivity contribution in [3.8, 4) is 5.75 Å². The van der Waals surface area contributed by atoms with Crippen LogP contribution in [0.2, 0.25) is 5.04 Å². The van der Waals surface area contributed by atoms with Gasteiger partial charge < -0.3 is 25.1 Å². The molecule has 1 heterocycles. The number of anilines is 3. The standard InChI is InChI=1S/C52H57BrN2O6Si/c1-5-15-35(30-36-31-38(53)23-29-46(36)57)22-28-47(58)48-37(34-61-62(52(2,3)4,42-18-11-7-12-19-42)43-20-13-8-14-21-43)32-44-49(45(48)33-56)51(60)55(50(44)59)41-26-24-40(25-27-41)54-39-16-9-6-10-17-39/h6-14,16-21,23-27,29-31,44-45,47,49,54,56-58H,5,15,22,28,32-34H2,1-4H3/b35-30+/t44-,45+,47-,49-/m1/s1. The van der Waals surface area contributed by atoms with E-state index in [2.05, 4.69) is 73.2 Å². The molecule has 5 aromatic rings. The molecule has 10 heteroatoms. The van der Waals surface area contributed by atoms with Crippen LogP contribution in [-0.2, 0) is 14.0 Å². The van der Waals surface area contributed by atoms with E-state index in [4.69, 9.17) is 4.43 Å². The van der Waals surface area contributed by atoms with Crippen LogP contribution in [0.4, 0.5) is 17.1 Å². The third-order valence-electron chi connectivity index (χ3n) is 12.5. The van der Waals surface area contributed by atoms with Crippen LogP contribution in [0.5, 0.6) is 5.75 Å². The van der Waals surface area contributed by atoms with E-state index in [1.54, 1.807) is 24.3 Å². The number of allylic oxidation sites excluding steroid dienone is 1. The Morgan fingerprint density at radius 1 is 0.855 bits per heavy atom. The minimum atomic E-state index is -3.08. The van der Waals surface area contributed by atoms with Gasteiger partial charge in [-0.05, 0) is 107 Å². The molecule has 2 amide bonds. The van der Waals surface area contributed by atoms with Crippen molar-refractivity contribution in [3.63, 3.8) is 0 Å². The molecule has 8 nitrogen and oxygen atoms in total. The number of fused-ring (bicyclic) bond motifs is 1. The van der Waals surface area contributed by atoms with Crippen molar-refractivity contribution in [1.29, 1.82) is 0 Å². The minimum absolute atomic E-state index is 0.115. The van der Waals surface area contributed by atoms with Gasteiger partial charge in [-0.2, -0.15) is 0 Å². The Morgan fingerprint density at radius 2 is 1.45 bits per heavy atom. The van der Waals surface area contributed by atoms with Gasteiger partial charge in [-0.3, -0.25) is 14.5 Å². The maximum atomic E-state index is 14.6. The first-order valence-electron chi connectivity index (χ1n) is 21.6. The van der Waals surface area contributed by atoms with Crippen LogP contribution in [0.3, 0.4) is 0 Å². The first-order chi connectivity index (χ1) is 29.9. The van der Waals surface area contributed by atoms with E-state index < -0.39 is 38.8 Å². The summed E-state index contributed by atoms with van der Waals surface area (Å²) in [5.74, 6) is -2.94. The number of nitrogens with zero attached hydrogens (tertiary/aromatic N) is 1. The smallest absolute Gasteiger partial charge is 0.261 e. The highest BCUT2D eigenvalue weighted by molar-refractivity contribution is 9.10. The predicted octanol–water partition coefficient (Wildman–Crippen LogP) is 9.91. The van der Waals surface area contributed by atoms with Crippen molar-refractivity contribution >= 4 is 69.6 Å². The lowest BCUT2D eigenvalue weighted by Gasteiger charge is -2.44. The monoisotopic (exact) mass is 912 g/mol. The average Bonchev–Trinajstić information content (AvgIpc) is 3.52. The van der Waals surface area contributed by atoms with Crippen molar-refractivity contribution in [2.75, 3.05) is 23.4 Å². The van der Waals surface area contributed by atoms with E-state index >= 15 is 0 Å². The number of nitrogens with one attached hydrogen (secondary N) is 1. The van der Waals surface area contributed by atoms with Crippen LogP contribution in [0.25, 0.3) is 6.08 Å². The molecule has 322 valence electrons. The second kappa shape index (κ2) is 19.5. The van der Waals surface area contributed by atoms with Gasteiger partial charge in [0, 0.05) is 27.3 Å². The van der Waals surface area contributed by atoms with Gasteiger partial charge in [-0.25, -0.2) is 0 Å². The largest absolute Gasteiger partial charge is 0.507 e. The number of aliphatic hydroxyl groups is 2. The van der Waals surface area contributed by atoms with E-state index in [0.717, 1.165) is 50.2 Å². The zero-order chi connectivity index (χ0) is 44.0. The SMILES string of the molecule is CCC/C(=C\c1cc(Br)ccc1O)CC[C@@H](O)C1=C(CO[Si](c2ccccc2)(c2ccccc2)C(C)(C)C)C[C@H]2C(=O)N(c3ccc(Nc4ccccc4)cc3)C(=O)[C@H]2[C@H]1CO. The maximum Gasteiger partial charge on any atom is 0.261 e. The molecular weight excluding hydrogens is 857 g/mol. The molecule has 1 aliphatic carbocycles. The van der Waals surface area contributed by atoms with Crippen molar-refractivity contribution in [2.24, 2.45) is 17.8 Å². The Hall–Kier alpha value is -5.10. The van der Waals surface area contributed by atoms with E-state index in [-0.39, 0.29) is 35.6 Å². The number of phenolic OH excluding ortho intramolecular Hbond substituents is 1. The molecule has 0 unspecified atom stereocenters. The van der Waals surface area contributed by atoms with Gasteiger partial charge in [0.25, 0.3) is 8.32 Å². The molecule has 0 bridgehead atoms. The van der Waals surface area contributed by atoms with Gasteiger partial charge >= 0.3 is 0 Å². The van der Waals surface area contributed by atoms with E-state index in [1.807, 2.05) is 91.0 Å². The normalized spacial score (nSPS) is 18.9. The fourth-order valence-electron chi connectivity index (χ4n) is 9.61. The number of aliphatic hydroxyl groups excluding tert-OH is 2. The molecule has 62 heavy (non-hydrogen) atoms. The van der Waals surface area contributed by atoms with Gasteiger partial charge in [0.1, 0.15) is 5.75 Å². The van der Waals surface area contributed by atoms with Gasteiger partial charge in [0.15, 0.2) is 0 Å². The summed E-state index contributed by atoms with van der Waals surface area (Å²) in [6.45, 7) is 8.41. The molecule has 0 spiro atoms. The van der Waals surface area contributed by atoms with Crippen LogP contribution in [0.15, 0.2) is 155 Å². The summed E-state index contributed by atoms with van der Waals surface area (Å²) in [7, 11) is -3.08. The topological polar surface area (TPSA) is 119 Å². The van der Waals surface area contributed by atoms with Crippen LogP contribution >= 0.6 is 15.9 Å². The molecule has 0 radical (unpaired) electrons. The number of amides is 2. The van der Waals surface area contributed by atoms with Crippen molar-refractivity contribution < 1.29 is 29.3 Å². The first-order valence-corrected chi connectivity index (χ1v) is 24.3. The lowest BCUT2D eigenvalue weighted by atomic mass is 9.68. The number of rotatable bonds is 16. The Morgan fingerprint density at radius 3 is 2.03 bits per heavy atom. The molecule has 1 aliphatic heterocycles. The lowest BCUT2D eigenvalue weighted by molar-refractivity contribution is -0.123. The molecule has 4 N–H and O–H groups in total. The van der Waals surface area contributed by atoms with Gasteiger partial charge in [-0.1, -0.05) is 141 Å².